The van der Waals surface area contributed by atoms with E-state index in [-0.39, 0.29) is 44.0 Å². The standard InChI is InChI=1S/C8H18NO2P.C7H15O2P.C6H13O3P.C6H15O3P.C6H13O2P.C6H15OP.C5H13O3P.C5H13OP.2C3H9OP/c1-12(2,10)8-5-9-3-6-11-7-4-9;1-7(8)5-4-6-10(2,3)9;1-6(7)9-4-5-10(2,3)8;1-10(2,8)6-5-9-4-3-7;1-6(7)4-5-9(2,3)8;1-4-6-8(3,7)5-2;1-9(8,4-2-6)5-3-7;1-4-5-7(2,3)6;2*1-5(2,3)4/h3-8H2,1-2H3;4-6H2,1-3H3;4-5H2,1-3H3;7H,3-6H2,1-2H3;4-5H2,1-3H3;4-6H2,1-3H3;6-7H,2-5H2,1H3;4-5H2,1-3H3;2*1-3H3. The van der Waals surface area contributed by atoms with E-state index in [4.69, 9.17) is 24.8 Å². The van der Waals surface area contributed by atoms with Gasteiger partial charge in [0.25, 0.3) is 0 Å². The fourth-order valence-electron chi connectivity index (χ4n) is 4.91. The predicted octanol–water partition coefficient (Wildman–Crippen LogP) is 13.2. The minimum absolute atomic E-state index is 0.0394. The van der Waals surface area contributed by atoms with E-state index in [1.54, 1.807) is 107 Å². The van der Waals surface area contributed by atoms with Crippen LogP contribution in [-0.4, -0.2) is 305 Å². The molecule has 3 N–H and O–H groups in total. The molecule has 1 unspecified atom stereocenters. The smallest absolute Gasteiger partial charge is 0.302 e. The van der Waals surface area contributed by atoms with Gasteiger partial charge in [-0.25, -0.2) is 0 Å². The first-order valence-electron chi connectivity index (χ1n) is 28.9. The van der Waals surface area contributed by atoms with Gasteiger partial charge in [0.1, 0.15) is 11.6 Å². The first-order valence-corrected chi connectivity index (χ1v) is 56.8. The van der Waals surface area contributed by atoms with Gasteiger partial charge in [-0.3, -0.25) is 9.69 Å². The Morgan fingerprint density at radius 3 is 0.988 bits per heavy atom. The van der Waals surface area contributed by atoms with Gasteiger partial charge in [-0.1, -0.05) is 20.8 Å². The SMILES string of the molecule is CC(=O)CCCP(C)(C)=O.CC(=O)CCP(C)(C)=O.CC(=O)OCCP(C)(C)=O.CCCP(C)(=O)CC.CCCP(C)(C)=O.CP(=O)(CCO)CCO.CP(C)(=O)CCN1CCOCC1.CP(C)(=O)CCOCCO.CP(C)(C)=O.CP(C)(C)=O. The molecule has 20 nitrogen and oxygen atoms in total. The van der Waals surface area contributed by atoms with Crippen molar-refractivity contribution in [3.8, 4) is 0 Å². The van der Waals surface area contributed by atoms with E-state index in [9.17, 15) is 60.0 Å². The second kappa shape index (κ2) is 57.5. The third-order valence-electron chi connectivity index (χ3n) is 9.50. The summed E-state index contributed by atoms with van der Waals surface area (Å²) in [5.74, 6) is 0.000764. The maximum Gasteiger partial charge on any atom is 0.302 e. The predicted molar refractivity (Wildman–Crippen MR) is 381 cm³/mol. The lowest BCUT2D eigenvalue weighted by Gasteiger charge is -2.26. The van der Waals surface area contributed by atoms with E-state index < -0.39 is 71.4 Å². The number of ketones is 2. The lowest BCUT2D eigenvalue weighted by molar-refractivity contribution is -0.140. The van der Waals surface area contributed by atoms with Gasteiger partial charge in [0, 0.05) is 108 Å². The molecule has 1 heterocycles. The number of ether oxygens (including phenoxy) is 3. The van der Waals surface area contributed by atoms with Crippen LogP contribution in [0.1, 0.15) is 73.6 Å². The van der Waals surface area contributed by atoms with E-state index in [1.807, 2.05) is 40.2 Å². The first kappa shape index (κ1) is 105. The summed E-state index contributed by atoms with van der Waals surface area (Å²) in [4.78, 5) is 33.3. The van der Waals surface area contributed by atoms with Crippen LogP contribution in [-0.2, 0) is 74.2 Å². The summed E-state index contributed by atoms with van der Waals surface area (Å²) in [6.45, 7) is 51.3. The molecular weight excluding hydrogens is 1290 g/mol. The Morgan fingerprint density at radius 2 is 0.753 bits per heavy atom. The molecule has 0 aromatic carbocycles. The van der Waals surface area contributed by atoms with E-state index in [0.29, 0.717) is 63.0 Å². The molecule has 522 valence electrons. The average molecular weight is 1420 g/mol. The maximum atomic E-state index is 11.4. The fraction of sp³-hybridized carbons (Fsp3) is 0.945. The zero-order valence-corrected chi connectivity index (χ0v) is 67.6. The molecule has 1 saturated heterocycles. The van der Waals surface area contributed by atoms with Crippen molar-refractivity contribution < 1.29 is 89.6 Å². The Bertz CT molecular complexity index is 2070. The summed E-state index contributed by atoms with van der Waals surface area (Å²) in [5, 5.41) is 25.1. The lowest BCUT2D eigenvalue weighted by atomic mass is 10.3. The normalized spacial score (nSPS) is 13.6. The number of aliphatic hydroxyl groups is 3. The number of rotatable bonds is 27. The Kier molecular flexibility index (Phi) is 70.8. The lowest BCUT2D eigenvalue weighted by Crippen LogP contribution is -2.37. The van der Waals surface area contributed by atoms with Gasteiger partial charge >= 0.3 is 5.97 Å². The van der Waals surface area contributed by atoms with Gasteiger partial charge in [-0.05, 0) is 173 Å². The Labute approximate surface area is 521 Å². The molecule has 0 bridgehead atoms. The molecule has 0 saturated carbocycles. The van der Waals surface area contributed by atoms with Gasteiger partial charge in [-0.2, -0.15) is 0 Å². The third-order valence-corrected chi connectivity index (χ3v) is 22.5. The molecular formula is C55H133NO19P10. The van der Waals surface area contributed by atoms with Crippen LogP contribution >= 0.6 is 71.4 Å². The molecule has 1 aliphatic rings. The molecule has 0 amide bonds. The largest absolute Gasteiger partial charge is 0.465 e. The summed E-state index contributed by atoms with van der Waals surface area (Å²) < 4.78 is 124. The number of Topliss-reactive ketones (excluding diaryl/α,β-unsaturated/α-hetero) is 2. The number of nitrogens with zero attached hydrogens (tertiary/aromatic N) is 1. The monoisotopic (exact) mass is 1420 g/mol. The minimum atomic E-state index is -2.19. The van der Waals surface area contributed by atoms with E-state index in [1.165, 1.54) is 13.8 Å². The molecule has 0 aromatic heterocycles. The van der Waals surface area contributed by atoms with Crippen LogP contribution in [0, 0.1) is 0 Å². The fourth-order valence-corrected chi connectivity index (χ4v) is 12.0. The van der Waals surface area contributed by atoms with Crippen LogP contribution in [0.5, 0.6) is 0 Å². The summed E-state index contributed by atoms with van der Waals surface area (Å²) in [6.07, 6.45) is 10.4. The van der Waals surface area contributed by atoms with Crippen LogP contribution in [0.4, 0.5) is 0 Å². The van der Waals surface area contributed by atoms with Crippen molar-refractivity contribution >= 4 is 89.0 Å². The number of morpholine rings is 1. The topological polar surface area (TPSA) is 314 Å². The molecule has 1 rings (SSSR count). The van der Waals surface area contributed by atoms with Crippen molar-refractivity contribution in [2.24, 2.45) is 0 Å². The highest BCUT2D eigenvalue weighted by Gasteiger charge is 2.15. The van der Waals surface area contributed by atoms with Gasteiger partial charge in [0.05, 0.1) is 111 Å². The molecule has 0 aromatic rings. The summed E-state index contributed by atoms with van der Waals surface area (Å²) in [7, 11) is -18.4. The number of hydrogen-bond donors (Lipinski definition) is 3. The number of carbonyl (C=O) groups excluding carboxylic acids is 3. The molecule has 1 aliphatic heterocycles. The minimum Gasteiger partial charge on any atom is -0.465 e. The van der Waals surface area contributed by atoms with E-state index >= 15 is 0 Å². The Balaban J connectivity index is -0.000000109. The Hall–Kier alpha value is 0.870. The van der Waals surface area contributed by atoms with Crippen molar-refractivity contribution in [3.63, 3.8) is 0 Å². The summed E-state index contributed by atoms with van der Waals surface area (Å²) >= 11 is 0. The molecule has 0 radical (unpaired) electrons. The van der Waals surface area contributed by atoms with Crippen molar-refractivity contribution in [2.45, 2.75) is 73.6 Å². The zero-order valence-electron chi connectivity index (χ0n) is 58.7. The maximum absolute atomic E-state index is 11.4. The van der Waals surface area contributed by atoms with Crippen LogP contribution in [0.2, 0.25) is 0 Å². The highest BCUT2D eigenvalue weighted by Crippen LogP contribution is 2.41. The molecule has 30 heteroatoms. The van der Waals surface area contributed by atoms with Gasteiger partial charge in [-0.15, -0.1) is 0 Å². The van der Waals surface area contributed by atoms with Gasteiger partial charge in [0.2, 0.25) is 0 Å². The Morgan fingerprint density at radius 1 is 0.412 bits per heavy atom. The molecule has 0 aliphatic carbocycles. The quantitative estimate of drug-likeness (QED) is 0.0391. The van der Waals surface area contributed by atoms with Crippen molar-refractivity contribution in [3.05, 3.63) is 0 Å². The molecule has 1 atom stereocenters. The highest BCUT2D eigenvalue weighted by atomic mass is 31.2. The number of esters is 1. The van der Waals surface area contributed by atoms with Crippen LogP contribution in [0.3, 0.4) is 0 Å². The molecule has 0 spiro atoms. The van der Waals surface area contributed by atoms with Gasteiger partial charge < -0.3 is 84.8 Å². The van der Waals surface area contributed by atoms with Crippen LogP contribution in [0.15, 0.2) is 0 Å². The second-order valence-electron chi connectivity index (χ2n) is 25.5. The summed E-state index contributed by atoms with van der Waals surface area (Å²) in [6, 6.07) is 0. The second-order valence-corrected chi connectivity index (χ2v) is 61.8. The average Bonchev–Trinajstić information content (AvgIpc) is 3.25. The first-order chi connectivity index (χ1) is 37.7. The third kappa shape index (κ3) is 157. The molecule has 85 heavy (non-hydrogen) atoms. The van der Waals surface area contributed by atoms with Crippen molar-refractivity contribution in [1.82, 2.24) is 4.90 Å². The van der Waals surface area contributed by atoms with Gasteiger partial charge in [0.15, 0.2) is 0 Å². The van der Waals surface area contributed by atoms with Crippen LogP contribution < -0.4 is 0 Å². The molecule has 1 fully saturated rings. The van der Waals surface area contributed by atoms with Crippen molar-refractivity contribution in [1.29, 1.82) is 0 Å². The number of carbonyl (C=O) groups is 3. The number of aliphatic hydroxyl groups excluding tert-OH is 3. The highest BCUT2D eigenvalue weighted by molar-refractivity contribution is 7.64. The number of hydrogen-bond acceptors (Lipinski definition) is 20. The zero-order chi connectivity index (χ0) is 69.8. The van der Waals surface area contributed by atoms with Crippen molar-refractivity contribution in [2.75, 3.05) is 267 Å². The van der Waals surface area contributed by atoms with E-state index in [2.05, 4.69) is 23.5 Å². The summed E-state index contributed by atoms with van der Waals surface area (Å²) in [5.41, 5.74) is 0. The van der Waals surface area contributed by atoms with E-state index in [0.717, 1.165) is 76.8 Å². The van der Waals surface area contributed by atoms with Crippen LogP contribution in [0.25, 0.3) is 0 Å².